The molecule has 96 valence electrons. The number of nitrogen functional groups attached to an aromatic ring is 1. The predicted molar refractivity (Wildman–Crippen MR) is 75.1 cm³/mol. The van der Waals surface area contributed by atoms with E-state index in [0.29, 0.717) is 5.69 Å². The first-order valence-electron chi connectivity index (χ1n) is 6.32. The summed E-state index contributed by atoms with van der Waals surface area (Å²) in [7, 11) is 0. The Labute approximate surface area is 111 Å². The van der Waals surface area contributed by atoms with Gasteiger partial charge >= 0.3 is 0 Å². The lowest BCUT2D eigenvalue weighted by molar-refractivity contribution is 0.800. The lowest BCUT2D eigenvalue weighted by Gasteiger charge is -2.09. The van der Waals surface area contributed by atoms with Crippen LogP contribution in [0.3, 0.4) is 0 Å². The molecule has 0 unspecified atom stereocenters. The van der Waals surface area contributed by atoms with Gasteiger partial charge < -0.3 is 5.73 Å². The molecule has 0 spiro atoms. The smallest absolute Gasteiger partial charge is 0.149 e. The van der Waals surface area contributed by atoms with Gasteiger partial charge in [-0.25, -0.2) is 15.0 Å². The minimum absolute atomic E-state index is 0.709. The first-order chi connectivity index (χ1) is 9.29. The van der Waals surface area contributed by atoms with Gasteiger partial charge in [0, 0.05) is 29.9 Å². The third-order valence-electron chi connectivity index (χ3n) is 3.06. The summed E-state index contributed by atoms with van der Waals surface area (Å²) in [5, 5.41) is 0.942. The number of fused-ring (bicyclic) bond motifs is 1. The number of nitrogens with two attached hydrogens (primary N) is 1. The maximum atomic E-state index is 5.86. The molecule has 0 aliphatic heterocycles. The summed E-state index contributed by atoms with van der Waals surface area (Å²) in [5.41, 5.74) is 7.46. The van der Waals surface area contributed by atoms with Gasteiger partial charge in [0.2, 0.25) is 0 Å². The second-order valence-electron chi connectivity index (χ2n) is 4.44. The zero-order valence-corrected chi connectivity index (χ0v) is 10.7. The summed E-state index contributed by atoms with van der Waals surface area (Å²) in [4.78, 5) is 13.0. The first kappa shape index (κ1) is 11.6. The van der Waals surface area contributed by atoms with Gasteiger partial charge in [-0.2, -0.15) is 0 Å². The fraction of sp³-hybridized carbons (Fsp3) is 0.214. The van der Waals surface area contributed by atoms with E-state index in [1.54, 1.807) is 12.5 Å². The van der Waals surface area contributed by atoms with E-state index in [1.165, 1.54) is 0 Å². The van der Waals surface area contributed by atoms with E-state index in [0.717, 1.165) is 35.4 Å². The highest BCUT2D eigenvalue weighted by Gasteiger charge is 2.10. The van der Waals surface area contributed by atoms with E-state index in [-0.39, 0.29) is 0 Å². The van der Waals surface area contributed by atoms with Crippen LogP contribution >= 0.6 is 0 Å². The Hall–Kier alpha value is -2.43. The minimum Gasteiger partial charge on any atom is -0.399 e. The largest absolute Gasteiger partial charge is 0.399 e. The molecule has 3 rings (SSSR count). The Balaban J connectivity index is 2.24. The predicted octanol–water partition coefficient (Wildman–Crippen LogP) is 2.35. The average Bonchev–Trinajstić information content (AvgIpc) is 2.86. The standard InChI is InChI=1S/C14H15N5/c1-2-3-13-16-6-7-19(13)14-11-8-10(15)4-5-12(11)17-9-18-14/h4-9H,2-3,15H2,1H3. The van der Waals surface area contributed by atoms with Gasteiger partial charge in [0.05, 0.1) is 5.52 Å². The van der Waals surface area contributed by atoms with Crippen molar-refractivity contribution in [2.24, 2.45) is 0 Å². The topological polar surface area (TPSA) is 69.6 Å². The highest BCUT2D eigenvalue weighted by molar-refractivity contribution is 5.87. The van der Waals surface area contributed by atoms with E-state index in [2.05, 4.69) is 21.9 Å². The van der Waals surface area contributed by atoms with Crippen molar-refractivity contribution in [3.05, 3.63) is 42.7 Å². The summed E-state index contributed by atoms with van der Waals surface area (Å²) in [5.74, 6) is 1.84. The van der Waals surface area contributed by atoms with Gasteiger partial charge in [-0.1, -0.05) is 6.92 Å². The van der Waals surface area contributed by atoms with E-state index in [1.807, 2.05) is 29.0 Å². The number of nitrogens with zero attached hydrogens (tertiary/aromatic N) is 4. The second kappa shape index (κ2) is 4.68. The van der Waals surface area contributed by atoms with E-state index in [9.17, 15) is 0 Å². The Morgan fingerprint density at radius 3 is 2.95 bits per heavy atom. The second-order valence-corrected chi connectivity index (χ2v) is 4.44. The summed E-state index contributed by atoms with van der Waals surface area (Å²) >= 11 is 0. The minimum atomic E-state index is 0.709. The fourth-order valence-electron chi connectivity index (χ4n) is 2.19. The maximum Gasteiger partial charge on any atom is 0.149 e. The molecule has 0 atom stereocenters. The SMILES string of the molecule is CCCc1nccn1-c1ncnc2ccc(N)cc12. The molecule has 5 nitrogen and oxygen atoms in total. The number of anilines is 1. The van der Waals surface area contributed by atoms with Crippen LogP contribution in [0, 0.1) is 0 Å². The summed E-state index contributed by atoms with van der Waals surface area (Å²) in [6.07, 6.45) is 7.26. The van der Waals surface area contributed by atoms with Crippen molar-refractivity contribution in [3.8, 4) is 5.82 Å². The Morgan fingerprint density at radius 2 is 2.11 bits per heavy atom. The van der Waals surface area contributed by atoms with E-state index in [4.69, 9.17) is 5.73 Å². The number of aryl methyl sites for hydroxylation is 1. The van der Waals surface area contributed by atoms with Crippen LogP contribution in [0.1, 0.15) is 19.2 Å². The van der Waals surface area contributed by atoms with Crippen LogP contribution in [0.5, 0.6) is 0 Å². The highest BCUT2D eigenvalue weighted by atomic mass is 15.1. The molecule has 0 amide bonds. The average molecular weight is 253 g/mol. The third-order valence-corrected chi connectivity index (χ3v) is 3.06. The van der Waals surface area contributed by atoms with Gasteiger partial charge in [0.15, 0.2) is 0 Å². The van der Waals surface area contributed by atoms with Crippen molar-refractivity contribution >= 4 is 16.6 Å². The van der Waals surface area contributed by atoms with Gasteiger partial charge in [-0.15, -0.1) is 0 Å². The first-order valence-corrected chi connectivity index (χ1v) is 6.32. The van der Waals surface area contributed by atoms with E-state index < -0.39 is 0 Å². The normalized spacial score (nSPS) is 11.0. The third kappa shape index (κ3) is 2.03. The number of aromatic nitrogens is 4. The molecule has 0 aliphatic carbocycles. The Morgan fingerprint density at radius 1 is 1.21 bits per heavy atom. The van der Waals surface area contributed by atoms with Crippen molar-refractivity contribution in [2.75, 3.05) is 5.73 Å². The van der Waals surface area contributed by atoms with E-state index >= 15 is 0 Å². The summed E-state index contributed by atoms with van der Waals surface area (Å²) < 4.78 is 2.01. The number of hydrogen-bond acceptors (Lipinski definition) is 4. The van der Waals surface area contributed by atoms with Crippen molar-refractivity contribution in [1.82, 2.24) is 19.5 Å². The molecule has 1 aromatic carbocycles. The highest BCUT2D eigenvalue weighted by Crippen LogP contribution is 2.22. The number of hydrogen-bond donors (Lipinski definition) is 1. The molecular formula is C14H15N5. The Bertz CT molecular complexity index is 717. The number of imidazole rings is 1. The molecule has 3 aromatic rings. The number of benzene rings is 1. The maximum absolute atomic E-state index is 5.86. The van der Waals surface area contributed by atoms with Gasteiger partial charge in [-0.3, -0.25) is 4.57 Å². The van der Waals surface area contributed by atoms with Crippen molar-refractivity contribution in [3.63, 3.8) is 0 Å². The number of rotatable bonds is 3. The van der Waals surface area contributed by atoms with Crippen molar-refractivity contribution in [2.45, 2.75) is 19.8 Å². The quantitative estimate of drug-likeness (QED) is 0.727. The molecule has 2 aromatic heterocycles. The van der Waals surface area contributed by atoms with Gasteiger partial charge in [0.1, 0.15) is 18.0 Å². The van der Waals surface area contributed by atoms with Crippen LogP contribution in [0.2, 0.25) is 0 Å². The van der Waals surface area contributed by atoms with Crippen molar-refractivity contribution in [1.29, 1.82) is 0 Å². The molecule has 0 bridgehead atoms. The van der Waals surface area contributed by atoms with Crippen molar-refractivity contribution < 1.29 is 0 Å². The fourth-order valence-corrected chi connectivity index (χ4v) is 2.19. The molecule has 2 N–H and O–H groups in total. The zero-order valence-electron chi connectivity index (χ0n) is 10.7. The van der Waals surface area contributed by atoms with Gasteiger partial charge in [-0.05, 0) is 24.6 Å². The zero-order chi connectivity index (χ0) is 13.2. The molecule has 19 heavy (non-hydrogen) atoms. The molecule has 0 saturated heterocycles. The van der Waals surface area contributed by atoms with Gasteiger partial charge in [0.25, 0.3) is 0 Å². The molecule has 2 heterocycles. The van der Waals surface area contributed by atoms with Crippen LogP contribution in [-0.2, 0) is 6.42 Å². The van der Waals surface area contributed by atoms with Crippen LogP contribution in [0.25, 0.3) is 16.7 Å². The summed E-state index contributed by atoms with van der Waals surface area (Å²) in [6.45, 7) is 2.13. The molecule has 0 aliphatic rings. The molecular weight excluding hydrogens is 238 g/mol. The van der Waals surface area contributed by atoms with Crippen LogP contribution < -0.4 is 5.73 Å². The monoisotopic (exact) mass is 253 g/mol. The summed E-state index contributed by atoms with van der Waals surface area (Å²) in [6, 6.07) is 5.66. The molecule has 0 radical (unpaired) electrons. The Kier molecular flexibility index (Phi) is 2.87. The molecule has 0 saturated carbocycles. The van der Waals surface area contributed by atoms with Crippen LogP contribution in [-0.4, -0.2) is 19.5 Å². The lowest BCUT2D eigenvalue weighted by Crippen LogP contribution is -2.04. The lowest BCUT2D eigenvalue weighted by atomic mass is 10.2. The molecule has 0 fully saturated rings. The molecule has 5 heteroatoms. The van der Waals surface area contributed by atoms with Crippen LogP contribution in [0.4, 0.5) is 5.69 Å². The van der Waals surface area contributed by atoms with Crippen LogP contribution in [0.15, 0.2) is 36.9 Å².